The van der Waals surface area contributed by atoms with Gasteiger partial charge in [-0.3, -0.25) is 0 Å². The van der Waals surface area contributed by atoms with E-state index in [1.807, 2.05) is 24.3 Å². The molecule has 2 nitrogen and oxygen atoms in total. The van der Waals surface area contributed by atoms with Gasteiger partial charge in [0.2, 0.25) is 0 Å². The highest BCUT2D eigenvalue weighted by Crippen LogP contribution is 2.23. The number of halogens is 2. The summed E-state index contributed by atoms with van der Waals surface area (Å²) in [6, 6.07) is 9.85. The maximum Gasteiger partial charge on any atom is 0.105 e. The summed E-state index contributed by atoms with van der Waals surface area (Å²) in [4.78, 5) is 1.67. The lowest BCUT2D eigenvalue weighted by Gasteiger charge is -2.08. The molecule has 0 atom stereocenters. The molecule has 1 heterocycles. The van der Waals surface area contributed by atoms with Crippen molar-refractivity contribution >= 4 is 61.8 Å². The van der Waals surface area contributed by atoms with Crippen molar-refractivity contribution in [3.63, 3.8) is 0 Å². The summed E-state index contributed by atoms with van der Waals surface area (Å²) in [5, 5.41) is 3.36. The fourth-order valence-corrected chi connectivity index (χ4v) is 3.63. The second kappa shape index (κ2) is 6.70. The van der Waals surface area contributed by atoms with Gasteiger partial charge in [-0.2, -0.15) is 0 Å². The Balaban J connectivity index is 1.93. The summed E-state index contributed by atoms with van der Waals surface area (Å²) in [5.41, 5.74) is 7.50. The van der Waals surface area contributed by atoms with Gasteiger partial charge in [0.05, 0.1) is 4.34 Å². The van der Waals surface area contributed by atoms with E-state index in [4.69, 9.17) is 29.6 Å². The third-order valence-corrected chi connectivity index (χ3v) is 4.73. The van der Waals surface area contributed by atoms with Gasteiger partial charge in [-0.15, -0.1) is 11.3 Å². The van der Waals surface area contributed by atoms with Crippen molar-refractivity contribution in [2.24, 2.45) is 5.73 Å². The van der Waals surface area contributed by atoms with Crippen molar-refractivity contribution in [3.05, 3.63) is 49.6 Å². The van der Waals surface area contributed by atoms with Gasteiger partial charge in [0, 0.05) is 27.1 Å². The van der Waals surface area contributed by atoms with Crippen LogP contribution in [0.3, 0.4) is 0 Å². The second-order valence-electron chi connectivity index (χ2n) is 3.94. The fourth-order valence-electron chi connectivity index (χ4n) is 1.64. The van der Waals surface area contributed by atoms with Crippen molar-refractivity contribution in [2.45, 2.75) is 6.42 Å². The van der Waals surface area contributed by atoms with E-state index in [1.165, 1.54) is 4.88 Å². The van der Waals surface area contributed by atoms with Crippen molar-refractivity contribution in [1.82, 2.24) is 0 Å². The maximum absolute atomic E-state index is 5.89. The summed E-state index contributed by atoms with van der Waals surface area (Å²) in [6.45, 7) is 0.857. The molecule has 0 fully saturated rings. The predicted octanol–water partition coefficient (Wildman–Crippen LogP) is 4.45. The van der Waals surface area contributed by atoms with Crippen LogP contribution in [0.4, 0.5) is 5.69 Å². The van der Waals surface area contributed by atoms with Gasteiger partial charge in [0.25, 0.3) is 0 Å². The van der Waals surface area contributed by atoms with Crippen molar-refractivity contribution in [3.8, 4) is 0 Å². The molecule has 1 aromatic heterocycles. The number of rotatable bonds is 5. The van der Waals surface area contributed by atoms with Crippen molar-refractivity contribution in [2.75, 3.05) is 11.9 Å². The molecule has 3 N–H and O–H groups in total. The number of nitrogens with two attached hydrogens (primary N) is 1. The fraction of sp³-hybridized carbons (Fsp3) is 0.154. The van der Waals surface area contributed by atoms with Gasteiger partial charge < -0.3 is 11.1 Å². The third kappa shape index (κ3) is 4.18. The molecule has 0 bridgehead atoms. The Kier molecular flexibility index (Phi) is 5.21. The number of thiocarbonyl (C=S) groups is 1. The highest BCUT2D eigenvalue weighted by Gasteiger charge is 2.04. The van der Waals surface area contributed by atoms with Crippen LogP contribution >= 0.6 is 51.1 Å². The lowest BCUT2D eigenvalue weighted by atomic mass is 10.2. The zero-order valence-electron chi connectivity index (χ0n) is 9.95. The summed E-state index contributed by atoms with van der Waals surface area (Å²) >= 11 is 15.9. The molecule has 19 heavy (non-hydrogen) atoms. The average molecular weight is 376 g/mol. The van der Waals surface area contributed by atoms with Crippen LogP contribution in [0.15, 0.2) is 34.8 Å². The van der Waals surface area contributed by atoms with Gasteiger partial charge >= 0.3 is 0 Å². The largest absolute Gasteiger partial charge is 0.389 e. The van der Waals surface area contributed by atoms with Gasteiger partial charge in [0.15, 0.2) is 0 Å². The molecule has 0 amide bonds. The first kappa shape index (κ1) is 14.8. The Morgan fingerprint density at radius 1 is 1.37 bits per heavy atom. The molecule has 0 unspecified atom stereocenters. The Morgan fingerprint density at radius 2 is 2.16 bits per heavy atom. The summed E-state index contributed by atoms with van der Waals surface area (Å²) in [6.07, 6.45) is 0.950. The molecule has 100 valence electrons. The predicted molar refractivity (Wildman–Crippen MR) is 91.6 cm³/mol. The molecule has 2 aromatic rings. The number of thiophene rings is 1. The molecule has 0 saturated heterocycles. The third-order valence-electron chi connectivity index (χ3n) is 2.56. The Morgan fingerprint density at radius 3 is 2.74 bits per heavy atom. The zero-order valence-corrected chi connectivity index (χ0v) is 13.9. The molecular weight excluding hydrogens is 364 g/mol. The van der Waals surface area contributed by atoms with E-state index in [2.05, 4.69) is 27.3 Å². The number of nitrogens with one attached hydrogen (secondary N) is 1. The van der Waals surface area contributed by atoms with E-state index in [0.29, 0.717) is 4.99 Å². The first-order valence-corrected chi connectivity index (χ1v) is 8.03. The van der Waals surface area contributed by atoms with Crippen LogP contribution in [0.5, 0.6) is 0 Å². The molecule has 0 saturated carbocycles. The number of hydrogen-bond acceptors (Lipinski definition) is 3. The molecule has 0 aliphatic rings. The summed E-state index contributed by atoms with van der Waals surface area (Å²) < 4.78 is 1.74. The van der Waals surface area contributed by atoms with E-state index >= 15 is 0 Å². The summed E-state index contributed by atoms with van der Waals surface area (Å²) in [5.74, 6) is 0. The van der Waals surface area contributed by atoms with E-state index in [1.54, 1.807) is 11.3 Å². The highest BCUT2D eigenvalue weighted by molar-refractivity contribution is 9.10. The number of anilines is 1. The first-order valence-electron chi connectivity index (χ1n) is 5.63. The quantitative estimate of drug-likeness (QED) is 0.758. The smallest absolute Gasteiger partial charge is 0.105 e. The van der Waals surface area contributed by atoms with Gasteiger partial charge in [-0.05, 0) is 52.7 Å². The van der Waals surface area contributed by atoms with E-state index in [9.17, 15) is 0 Å². The minimum Gasteiger partial charge on any atom is -0.389 e. The minimum absolute atomic E-state index is 0.395. The molecular formula is C13H12BrClN2S2. The van der Waals surface area contributed by atoms with Crippen molar-refractivity contribution < 1.29 is 0 Å². The lowest BCUT2D eigenvalue weighted by Crippen LogP contribution is -2.10. The standard InChI is InChI=1S/C13H12BrClN2S2/c14-11-7-8(1-3-10(11)13(16)18)17-6-5-9-2-4-12(15)19-9/h1-4,7,17H,5-6H2,(H2,16,18). The zero-order chi connectivity index (χ0) is 13.8. The molecule has 1 aromatic carbocycles. The molecule has 6 heteroatoms. The molecule has 2 rings (SSSR count). The number of benzene rings is 1. The Labute approximate surface area is 135 Å². The number of hydrogen-bond donors (Lipinski definition) is 2. The van der Waals surface area contributed by atoms with Crippen LogP contribution in [-0.4, -0.2) is 11.5 Å². The van der Waals surface area contributed by atoms with E-state index in [-0.39, 0.29) is 0 Å². The molecule has 0 radical (unpaired) electrons. The van der Waals surface area contributed by atoms with Gasteiger partial charge in [-0.1, -0.05) is 23.8 Å². The van der Waals surface area contributed by atoms with Gasteiger partial charge in [0.1, 0.15) is 4.99 Å². The average Bonchev–Trinajstić information content (AvgIpc) is 2.75. The molecule has 0 aliphatic heterocycles. The Hall–Kier alpha value is -0.620. The summed E-state index contributed by atoms with van der Waals surface area (Å²) in [7, 11) is 0. The van der Waals surface area contributed by atoms with E-state index in [0.717, 1.165) is 33.0 Å². The van der Waals surface area contributed by atoms with Crippen LogP contribution in [0.1, 0.15) is 10.4 Å². The SMILES string of the molecule is NC(=S)c1ccc(NCCc2ccc(Cl)s2)cc1Br. The second-order valence-corrected chi connectivity index (χ2v) is 7.04. The maximum atomic E-state index is 5.89. The lowest BCUT2D eigenvalue weighted by molar-refractivity contribution is 1.04. The van der Waals surface area contributed by atoms with Crippen LogP contribution in [-0.2, 0) is 6.42 Å². The first-order chi connectivity index (χ1) is 9.06. The Bertz CT molecular complexity index is 598. The molecule has 0 aliphatic carbocycles. The minimum atomic E-state index is 0.395. The molecule has 0 spiro atoms. The van der Waals surface area contributed by atoms with Crippen LogP contribution in [0.25, 0.3) is 0 Å². The van der Waals surface area contributed by atoms with Crippen LogP contribution < -0.4 is 11.1 Å². The van der Waals surface area contributed by atoms with E-state index < -0.39 is 0 Å². The van der Waals surface area contributed by atoms with Crippen LogP contribution in [0.2, 0.25) is 4.34 Å². The normalized spacial score (nSPS) is 10.4. The monoisotopic (exact) mass is 374 g/mol. The van der Waals surface area contributed by atoms with Crippen LogP contribution in [0, 0.1) is 0 Å². The highest BCUT2D eigenvalue weighted by atomic mass is 79.9. The van der Waals surface area contributed by atoms with Gasteiger partial charge in [-0.25, -0.2) is 0 Å². The topological polar surface area (TPSA) is 38.0 Å². The van der Waals surface area contributed by atoms with Crippen molar-refractivity contribution in [1.29, 1.82) is 0 Å².